The first-order chi connectivity index (χ1) is 10.5. The summed E-state index contributed by atoms with van der Waals surface area (Å²) in [6, 6.07) is 6.73. The quantitative estimate of drug-likeness (QED) is 0.700. The molecule has 3 rings (SSSR count). The lowest BCUT2D eigenvalue weighted by atomic mass is 10.1. The van der Waals surface area contributed by atoms with E-state index in [9.17, 15) is 9.59 Å². The molecule has 7 nitrogen and oxygen atoms in total. The van der Waals surface area contributed by atoms with E-state index in [-0.39, 0.29) is 11.4 Å². The van der Waals surface area contributed by atoms with Crippen molar-refractivity contribution in [1.82, 2.24) is 9.72 Å². The van der Waals surface area contributed by atoms with Crippen LogP contribution in [0.15, 0.2) is 39.8 Å². The van der Waals surface area contributed by atoms with Crippen LogP contribution in [-0.2, 0) is 7.05 Å². The van der Waals surface area contributed by atoms with Crippen LogP contribution >= 0.6 is 0 Å². The Morgan fingerprint density at radius 3 is 2.86 bits per heavy atom. The summed E-state index contributed by atoms with van der Waals surface area (Å²) in [6.45, 7) is 1.71. The molecule has 0 saturated carbocycles. The van der Waals surface area contributed by atoms with E-state index in [2.05, 4.69) is 10.5 Å². The van der Waals surface area contributed by atoms with Gasteiger partial charge in [-0.15, -0.1) is 0 Å². The maximum Gasteiger partial charge on any atom is 0.262 e. The summed E-state index contributed by atoms with van der Waals surface area (Å²) in [5.41, 5.74) is 6.46. The number of nitrogens with zero attached hydrogens (tertiary/aromatic N) is 2. The van der Waals surface area contributed by atoms with E-state index in [4.69, 9.17) is 10.3 Å². The van der Waals surface area contributed by atoms with Crippen molar-refractivity contribution >= 4 is 28.3 Å². The lowest BCUT2D eigenvalue weighted by molar-refractivity contribution is 0.102. The molecule has 0 aliphatic heterocycles. The summed E-state index contributed by atoms with van der Waals surface area (Å²) in [5, 5.41) is 6.53. The molecule has 7 heteroatoms. The minimum absolute atomic E-state index is 0.00597. The van der Waals surface area contributed by atoms with E-state index >= 15 is 0 Å². The number of hydrogen-bond donors (Lipinski definition) is 2. The highest BCUT2D eigenvalue weighted by Gasteiger charge is 2.17. The standard InChI is InChI=1S/C15H14N4O3/c1-8-6-12(18-22-8)17-15(21)9-7-19(2)11-5-3-4-10(16)13(11)14(9)20/h3-7H,16H2,1-2H3,(H,17,18,21). The van der Waals surface area contributed by atoms with Crippen LogP contribution in [0.3, 0.4) is 0 Å². The Balaban J connectivity index is 2.11. The average Bonchev–Trinajstić information content (AvgIpc) is 2.87. The Morgan fingerprint density at radius 1 is 1.41 bits per heavy atom. The van der Waals surface area contributed by atoms with E-state index < -0.39 is 11.3 Å². The fourth-order valence-electron chi connectivity index (χ4n) is 2.33. The van der Waals surface area contributed by atoms with Crippen molar-refractivity contribution in [1.29, 1.82) is 0 Å². The van der Waals surface area contributed by atoms with Crippen LogP contribution in [0.5, 0.6) is 0 Å². The summed E-state index contributed by atoms with van der Waals surface area (Å²) in [4.78, 5) is 24.8. The molecular weight excluding hydrogens is 284 g/mol. The van der Waals surface area contributed by atoms with Gasteiger partial charge in [-0.05, 0) is 19.1 Å². The molecule has 2 aromatic heterocycles. The number of amides is 1. The Hall–Kier alpha value is -3.09. The van der Waals surface area contributed by atoms with Crippen LogP contribution < -0.4 is 16.5 Å². The summed E-state index contributed by atoms with van der Waals surface area (Å²) >= 11 is 0. The van der Waals surface area contributed by atoms with E-state index in [1.165, 1.54) is 6.20 Å². The first kappa shape index (κ1) is 13.9. The third-order valence-corrected chi connectivity index (χ3v) is 3.36. The summed E-state index contributed by atoms with van der Waals surface area (Å²) in [5.74, 6) is 0.260. The third kappa shape index (κ3) is 2.22. The Bertz CT molecular complexity index is 940. The molecule has 2 heterocycles. The van der Waals surface area contributed by atoms with Gasteiger partial charge >= 0.3 is 0 Å². The SMILES string of the molecule is Cc1cc(NC(=O)c2cn(C)c3cccc(N)c3c2=O)no1. The number of aryl methyl sites for hydroxylation is 2. The lowest BCUT2D eigenvalue weighted by Crippen LogP contribution is -2.24. The molecule has 3 N–H and O–H groups in total. The number of pyridine rings is 1. The van der Waals surface area contributed by atoms with Gasteiger partial charge < -0.3 is 20.1 Å². The number of hydrogen-bond acceptors (Lipinski definition) is 5. The number of carbonyl (C=O) groups excluding carboxylic acids is 1. The first-order valence-corrected chi connectivity index (χ1v) is 6.60. The average molecular weight is 298 g/mol. The van der Waals surface area contributed by atoms with Crippen LogP contribution in [0.1, 0.15) is 16.1 Å². The summed E-state index contributed by atoms with van der Waals surface area (Å²) in [7, 11) is 1.75. The van der Waals surface area contributed by atoms with Crippen LogP contribution in [0.2, 0.25) is 0 Å². The van der Waals surface area contributed by atoms with Gasteiger partial charge in [-0.3, -0.25) is 9.59 Å². The van der Waals surface area contributed by atoms with Gasteiger partial charge in [-0.25, -0.2) is 0 Å². The number of anilines is 2. The third-order valence-electron chi connectivity index (χ3n) is 3.36. The van der Waals surface area contributed by atoms with Crippen LogP contribution in [0.4, 0.5) is 11.5 Å². The maximum absolute atomic E-state index is 12.5. The van der Waals surface area contributed by atoms with Gasteiger partial charge in [0.2, 0.25) is 5.43 Å². The summed E-state index contributed by atoms with van der Waals surface area (Å²) < 4.78 is 6.57. The molecule has 22 heavy (non-hydrogen) atoms. The van der Waals surface area contributed by atoms with Gasteiger partial charge in [-0.1, -0.05) is 11.2 Å². The maximum atomic E-state index is 12.5. The lowest BCUT2D eigenvalue weighted by Gasteiger charge is -2.10. The number of nitrogens with two attached hydrogens (primary N) is 1. The molecule has 0 unspecified atom stereocenters. The molecule has 0 fully saturated rings. The number of fused-ring (bicyclic) bond motifs is 1. The second-order valence-corrected chi connectivity index (χ2v) is 5.00. The van der Waals surface area contributed by atoms with Crippen molar-refractivity contribution in [2.24, 2.45) is 7.05 Å². The largest absolute Gasteiger partial charge is 0.398 e. The smallest absolute Gasteiger partial charge is 0.262 e. The number of benzene rings is 1. The highest BCUT2D eigenvalue weighted by Crippen LogP contribution is 2.18. The van der Waals surface area contributed by atoms with Gasteiger partial charge in [-0.2, -0.15) is 0 Å². The van der Waals surface area contributed by atoms with Crippen molar-refractivity contribution in [3.63, 3.8) is 0 Å². The van der Waals surface area contributed by atoms with E-state index in [1.807, 2.05) is 0 Å². The van der Waals surface area contributed by atoms with Crippen LogP contribution in [-0.4, -0.2) is 15.6 Å². The van der Waals surface area contributed by atoms with Crippen molar-refractivity contribution in [2.45, 2.75) is 6.92 Å². The van der Waals surface area contributed by atoms with Crippen LogP contribution in [0.25, 0.3) is 10.9 Å². The summed E-state index contributed by atoms with van der Waals surface area (Å²) in [6.07, 6.45) is 1.48. The molecule has 3 aromatic rings. The number of aromatic nitrogens is 2. The fourth-order valence-corrected chi connectivity index (χ4v) is 2.33. The predicted molar refractivity (Wildman–Crippen MR) is 82.8 cm³/mol. The number of carbonyl (C=O) groups is 1. The number of nitrogen functional groups attached to an aromatic ring is 1. The van der Waals surface area contributed by atoms with Gasteiger partial charge in [0.25, 0.3) is 5.91 Å². The van der Waals surface area contributed by atoms with Gasteiger partial charge in [0.15, 0.2) is 5.82 Å². The Morgan fingerprint density at radius 2 is 2.18 bits per heavy atom. The normalized spacial score (nSPS) is 10.8. The van der Waals surface area contributed by atoms with Crippen molar-refractivity contribution in [3.8, 4) is 0 Å². The van der Waals surface area contributed by atoms with Gasteiger partial charge in [0.1, 0.15) is 11.3 Å². The number of nitrogens with one attached hydrogen (secondary N) is 1. The first-order valence-electron chi connectivity index (χ1n) is 6.60. The zero-order valence-electron chi connectivity index (χ0n) is 12.1. The monoisotopic (exact) mass is 298 g/mol. The second-order valence-electron chi connectivity index (χ2n) is 5.00. The van der Waals surface area contributed by atoms with Gasteiger partial charge in [0, 0.05) is 25.0 Å². The highest BCUT2D eigenvalue weighted by atomic mass is 16.5. The van der Waals surface area contributed by atoms with Crippen molar-refractivity contribution in [2.75, 3.05) is 11.1 Å². The fraction of sp³-hybridized carbons (Fsp3) is 0.133. The predicted octanol–water partition coefficient (Wildman–Crippen LogP) is 1.67. The van der Waals surface area contributed by atoms with E-state index in [0.717, 1.165) is 0 Å². The van der Waals surface area contributed by atoms with E-state index in [1.54, 1.807) is 42.8 Å². The zero-order valence-corrected chi connectivity index (χ0v) is 12.1. The number of rotatable bonds is 2. The molecule has 1 amide bonds. The Labute approximate surface area is 125 Å². The minimum atomic E-state index is -0.556. The zero-order chi connectivity index (χ0) is 15.9. The highest BCUT2D eigenvalue weighted by molar-refractivity contribution is 6.06. The second kappa shape index (κ2) is 5.03. The molecule has 0 radical (unpaired) electrons. The van der Waals surface area contributed by atoms with Crippen LogP contribution in [0, 0.1) is 6.92 Å². The molecule has 0 aliphatic carbocycles. The minimum Gasteiger partial charge on any atom is -0.398 e. The molecule has 112 valence electrons. The molecule has 0 saturated heterocycles. The molecule has 1 aromatic carbocycles. The van der Waals surface area contributed by atoms with Crippen molar-refractivity contribution < 1.29 is 9.32 Å². The van der Waals surface area contributed by atoms with Gasteiger partial charge in [0.05, 0.1) is 10.9 Å². The Kier molecular flexibility index (Phi) is 3.17. The van der Waals surface area contributed by atoms with Crippen molar-refractivity contribution in [3.05, 3.63) is 52.0 Å². The molecule has 0 aliphatic rings. The van der Waals surface area contributed by atoms with E-state index in [0.29, 0.717) is 22.4 Å². The topological polar surface area (TPSA) is 103 Å². The molecule has 0 atom stereocenters. The molecular formula is C15H14N4O3. The molecule has 0 bridgehead atoms. The molecule has 0 spiro atoms.